The number of fused-ring (bicyclic) bond motifs is 3. The summed E-state index contributed by atoms with van der Waals surface area (Å²) in [5.74, 6) is 1.17. The second kappa shape index (κ2) is 4.08. The molecule has 96 valence electrons. The standard InChI is InChI=1S/C13H15NO4/c15-10-2-1-3-11-12(10)9-7-14(13(16)17)6-8(9)4-5-18-11/h1-3,8-9,15H,4-7H2,(H,16,17)/t8-,9-/m1/s1. The third-order valence-electron chi connectivity index (χ3n) is 3.87. The number of hydrogen-bond donors (Lipinski definition) is 2. The van der Waals surface area contributed by atoms with Crippen molar-refractivity contribution in [1.29, 1.82) is 0 Å². The van der Waals surface area contributed by atoms with Gasteiger partial charge in [-0.15, -0.1) is 0 Å². The first-order valence-corrected chi connectivity index (χ1v) is 6.09. The van der Waals surface area contributed by atoms with Crippen molar-refractivity contribution in [3.8, 4) is 11.5 Å². The molecule has 5 nitrogen and oxygen atoms in total. The van der Waals surface area contributed by atoms with Crippen LogP contribution in [0.3, 0.4) is 0 Å². The van der Waals surface area contributed by atoms with E-state index in [1.165, 1.54) is 4.90 Å². The van der Waals surface area contributed by atoms with Crippen LogP contribution in [0.4, 0.5) is 4.79 Å². The van der Waals surface area contributed by atoms with Gasteiger partial charge in [0.1, 0.15) is 11.5 Å². The van der Waals surface area contributed by atoms with Crippen LogP contribution in [-0.2, 0) is 0 Å². The molecule has 5 heteroatoms. The molecule has 0 spiro atoms. The molecule has 2 aliphatic heterocycles. The third-order valence-corrected chi connectivity index (χ3v) is 3.87. The predicted molar refractivity (Wildman–Crippen MR) is 64.0 cm³/mol. The molecule has 0 radical (unpaired) electrons. The number of likely N-dealkylation sites (tertiary alicyclic amines) is 1. The molecule has 0 aromatic heterocycles. The number of ether oxygens (including phenoxy) is 1. The van der Waals surface area contributed by atoms with Gasteiger partial charge in [0.25, 0.3) is 0 Å². The third kappa shape index (κ3) is 1.66. The molecule has 18 heavy (non-hydrogen) atoms. The zero-order valence-corrected chi connectivity index (χ0v) is 9.87. The Hall–Kier alpha value is -1.91. The highest BCUT2D eigenvalue weighted by atomic mass is 16.5. The molecule has 2 heterocycles. The summed E-state index contributed by atoms with van der Waals surface area (Å²) in [5.41, 5.74) is 0.767. The fourth-order valence-electron chi connectivity index (χ4n) is 3.00. The van der Waals surface area contributed by atoms with E-state index in [1.807, 2.05) is 6.07 Å². The molecule has 1 aromatic rings. The lowest BCUT2D eigenvalue weighted by Gasteiger charge is -2.17. The summed E-state index contributed by atoms with van der Waals surface area (Å²) >= 11 is 0. The number of phenolic OH excluding ortho intramolecular Hbond substituents is 1. The lowest BCUT2D eigenvalue weighted by atomic mass is 9.87. The molecule has 0 aliphatic carbocycles. The van der Waals surface area contributed by atoms with Crippen molar-refractivity contribution >= 4 is 6.09 Å². The van der Waals surface area contributed by atoms with Crippen LogP contribution < -0.4 is 4.74 Å². The van der Waals surface area contributed by atoms with Crippen LogP contribution in [0.2, 0.25) is 0 Å². The van der Waals surface area contributed by atoms with Crippen molar-refractivity contribution in [2.45, 2.75) is 12.3 Å². The van der Waals surface area contributed by atoms with E-state index in [4.69, 9.17) is 9.84 Å². The van der Waals surface area contributed by atoms with Gasteiger partial charge in [0.2, 0.25) is 0 Å². The maximum Gasteiger partial charge on any atom is 0.407 e. The zero-order chi connectivity index (χ0) is 12.7. The van der Waals surface area contributed by atoms with E-state index in [0.717, 1.165) is 12.0 Å². The van der Waals surface area contributed by atoms with Crippen LogP contribution in [0.15, 0.2) is 18.2 Å². The van der Waals surface area contributed by atoms with Gasteiger partial charge in [-0.2, -0.15) is 0 Å². The summed E-state index contributed by atoms with van der Waals surface area (Å²) in [7, 11) is 0. The molecule has 0 unspecified atom stereocenters. The molecule has 1 aromatic carbocycles. The maximum atomic E-state index is 11.1. The summed E-state index contributed by atoms with van der Waals surface area (Å²) in [4.78, 5) is 12.5. The molecule has 2 N–H and O–H groups in total. The SMILES string of the molecule is O=C(O)N1C[C@H]2CCOc3cccc(O)c3[C@@H]2C1. The van der Waals surface area contributed by atoms with Crippen molar-refractivity contribution in [2.75, 3.05) is 19.7 Å². The van der Waals surface area contributed by atoms with Gasteiger partial charge in [-0.3, -0.25) is 0 Å². The van der Waals surface area contributed by atoms with Crippen LogP contribution >= 0.6 is 0 Å². The van der Waals surface area contributed by atoms with Crippen LogP contribution in [-0.4, -0.2) is 40.9 Å². The van der Waals surface area contributed by atoms with Gasteiger partial charge in [0.05, 0.1) is 6.61 Å². The lowest BCUT2D eigenvalue weighted by molar-refractivity contribution is 0.152. The van der Waals surface area contributed by atoms with Gasteiger partial charge < -0.3 is 19.8 Å². The van der Waals surface area contributed by atoms with Crippen LogP contribution in [0.1, 0.15) is 17.9 Å². The monoisotopic (exact) mass is 249 g/mol. The van der Waals surface area contributed by atoms with Crippen molar-refractivity contribution < 1.29 is 19.7 Å². The molecule has 1 saturated heterocycles. The minimum atomic E-state index is -0.888. The average Bonchev–Trinajstić information content (AvgIpc) is 2.66. The highest BCUT2D eigenvalue weighted by Crippen LogP contribution is 2.45. The number of benzene rings is 1. The Kier molecular flexibility index (Phi) is 2.54. The molecule has 1 fully saturated rings. The first-order chi connectivity index (χ1) is 8.66. The fraction of sp³-hybridized carbons (Fsp3) is 0.462. The Bertz CT molecular complexity index is 488. The largest absolute Gasteiger partial charge is 0.508 e. The summed E-state index contributed by atoms with van der Waals surface area (Å²) < 4.78 is 5.64. The molecule has 0 bridgehead atoms. The smallest absolute Gasteiger partial charge is 0.407 e. The van der Waals surface area contributed by atoms with Crippen LogP contribution in [0, 0.1) is 5.92 Å². The van der Waals surface area contributed by atoms with Gasteiger partial charge >= 0.3 is 6.09 Å². The Morgan fingerprint density at radius 2 is 2.22 bits per heavy atom. The minimum absolute atomic E-state index is 0.0415. The number of carboxylic acid groups (broad SMARTS) is 1. The first kappa shape index (κ1) is 11.2. The quantitative estimate of drug-likeness (QED) is 0.736. The number of aromatic hydroxyl groups is 1. The van der Waals surface area contributed by atoms with E-state index in [2.05, 4.69) is 0 Å². The minimum Gasteiger partial charge on any atom is -0.508 e. The van der Waals surface area contributed by atoms with E-state index in [9.17, 15) is 9.90 Å². The van der Waals surface area contributed by atoms with E-state index in [0.29, 0.717) is 25.4 Å². The predicted octanol–water partition coefficient (Wildman–Crippen LogP) is 1.87. The Labute approximate surface area is 105 Å². The highest BCUT2D eigenvalue weighted by Gasteiger charge is 2.40. The maximum absolute atomic E-state index is 11.1. The van der Waals surface area contributed by atoms with E-state index < -0.39 is 6.09 Å². The molecule has 2 atom stereocenters. The van der Waals surface area contributed by atoms with E-state index in [-0.39, 0.29) is 17.6 Å². The molecular weight excluding hydrogens is 234 g/mol. The second-order valence-electron chi connectivity index (χ2n) is 4.88. The Morgan fingerprint density at radius 1 is 1.39 bits per heavy atom. The van der Waals surface area contributed by atoms with Crippen LogP contribution in [0.5, 0.6) is 11.5 Å². The van der Waals surface area contributed by atoms with Gasteiger partial charge in [-0.25, -0.2) is 4.79 Å². The number of nitrogens with zero attached hydrogens (tertiary/aromatic N) is 1. The van der Waals surface area contributed by atoms with Crippen LogP contribution in [0.25, 0.3) is 0 Å². The molecular formula is C13H15NO4. The zero-order valence-electron chi connectivity index (χ0n) is 9.87. The number of amides is 1. The van der Waals surface area contributed by atoms with E-state index >= 15 is 0 Å². The lowest BCUT2D eigenvalue weighted by Crippen LogP contribution is -2.27. The number of carbonyl (C=O) groups is 1. The number of hydrogen-bond acceptors (Lipinski definition) is 3. The summed E-state index contributed by atoms with van der Waals surface area (Å²) in [5, 5.41) is 19.1. The van der Waals surface area contributed by atoms with Gasteiger partial charge in [-0.1, -0.05) is 6.07 Å². The second-order valence-corrected chi connectivity index (χ2v) is 4.88. The summed E-state index contributed by atoms with van der Waals surface area (Å²) in [6.07, 6.45) is -0.0660. The van der Waals surface area contributed by atoms with Crippen molar-refractivity contribution in [3.05, 3.63) is 23.8 Å². The molecule has 3 rings (SSSR count). The molecule has 2 aliphatic rings. The van der Waals surface area contributed by atoms with Gasteiger partial charge in [0.15, 0.2) is 0 Å². The van der Waals surface area contributed by atoms with Crippen molar-refractivity contribution in [3.63, 3.8) is 0 Å². The van der Waals surface area contributed by atoms with Crippen molar-refractivity contribution in [2.24, 2.45) is 5.92 Å². The number of rotatable bonds is 0. The fourth-order valence-corrected chi connectivity index (χ4v) is 3.00. The Balaban J connectivity index is 2.00. The Morgan fingerprint density at radius 3 is 3.00 bits per heavy atom. The van der Waals surface area contributed by atoms with Crippen molar-refractivity contribution in [1.82, 2.24) is 4.90 Å². The summed E-state index contributed by atoms with van der Waals surface area (Å²) in [6, 6.07) is 5.22. The molecule has 1 amide bonds. The van der Waals surface area contributed by atoms with E-state index in [1.54, 1.807) is 12.1 Å². The van der Waals surface area contributed by atoms with Gasteiger partial charge in [-0.05, 0) is 24.5 Å². The normalized spacial score (nSPS) is 25.9. The van der Waals surface area contributed by atoms with Gasteiger partial charge in [0, 0.05) is 24.6 Å². The highest BCUT2D eigenvalue weighted by molar-refractivity contribution is 5.66. The average molecular weight is 249 g/mol. The summed E-state index contributed by atoms with van der Waals surface area (Å²) in [6.45, 7) is 1.54. The molecule has 0 saturated carbocycles. The topological polar surface area (TPSA) is 70.0 Å². The number of phenols is 1. The first-order valence-electron chi connectivity index (χ1n) is 6.09.